The number of carbonyl (C=O) groups is 1. The summed E-state index contributed by atoms with van der Waals surface area (Å²) in [4.78, 5) is 12.2. The monoisotopic (exact) mass is 501 g/mol. The maximum Gasteiger partial charge on any atom is 0.272 e. The lowest BCUT2D eigenvalue weighted by molar-refractivity contribution is 0.0955. The fourth-order valence-electron chi connectivity index (χ4n) is 2.52. The Morgan fingerprint density at radius 1 is 1.17 bits per heavy atom. The van der Waals surface area contributed by atoms with E-state index in [1.165, 1.54) is 18.3 Å². The third-order valence-corrected chi connectivity index (χ3v) is 5.20. The Hall–Kier alpha value is -2.85. The van der Waals surface area contributed by atoms with Gasteiger partial charge in [0, 0.05) is 10.6 Å². The molecule has 0 saturated heterocycles. The Kier molecular flexibility index (Phi) is 7.47. The van der Waals surface area contributed by atoms with Crippen LogP contribution in [0.25, 0.3) is 0 Å². The maximum absolute atomic E-state index is 12.2. The summed E-state index contributed by atoms with van der Waals surface area (Å²) in [6, 6.07) is 19.4. The van der Waals surface area contributed by atoms with Crippen LogP contribution < -0.4 is 10.2 Å². The van der Waals surface area contributed by atoms with Crippen LogP contribution in [-0.2, 0) is 6.61 Å². The van der Waals surface area contributed by atoms with Gasteiger partial charge in [-0.2, -0.15) is 10.4 Å². The summed E-state index contributed by atoms with van der Waals surface area (Å²) in [7, 11) is 0. The number of benzene rings is 3. The van der Waals surface area contributed by atoms with Crippen molar-refractivity contribution in [1.29, 1.82) is 5.26 Å². The van der Waals surface area contributed by atoms with E-state index in [4.69, 9.17) is 33.2 Å². The molecule has 0 aliphatic rings. The van der Waals surface area contributed by atoms with Crippen molar-refractivity contribution in [2.45, 2.75) is 6.61 Å². The van der Waals surface area contributed by atoms with Crippen molar-refractivity contribution in [1.82, 2.24) is 5.43 Å². The molecule has 3 aromatic carbocycles. The zero-order valence-corrected chi connectivity index (χ0v) is 18.5. The van der Waals surface area contributed by atoms with Crippen LogP contribution in [0.15, 0.2) is 70.2 Å². The van der Waals surface area contributed by atoms with Gasteiger partial charge in [-0.05, 0) is 64.0 Å². The number of hydrazone groups is 1. The molecule has 0 aromatic heterocycles. The summed E-state index contributed by atoms with van der Waals surface area (Å²) >= 11 is 15.3. The normalized spacial score (nSPS) is 10.6. The molecule has 0 fully saturated rings. The quantitative estimate of drug-likeness (QED) is 0.333. The first-order valence-corrected chi connectivity index (χ1v) is 10.2. The number of ether oxygens (including phenoxy) is 1. The molecule has 1 N–H and O–H groups in total. The van der Waals surface area contributed by atoms with E-state index in [1.54, 1.807) is 30.3 Å². The topological polar surface area (TPSA) is 74.5 Å². The van der Waals surface area contributed by atoms with Crippen LogP contribution in [0.1, 0.15) is 27.0 Å². The predicted octanol–water partition coefficient (Wildman–Crippen LogP) is 5.97. The second kappa shape index (κ2) is 10.3. The summed E-state index contributed by atoms with van der Waals surface area (Å²) in [5, 5.41) is 13.8. The Labute approximate surface area is 192 Å². The van der Waals surface area contributed by atoms with E-state index in [1.807, 2.05) is 18.2 Å². The Morgan fingerprint density at radius 2 is 1.97 bits per heavy atom. The smallest absolute Gasteiger partial charge is 0.272 e. The first kappa shape index (κ1) is 21.8. The second-order valence-electron chi connectivity index (χ2n) is 6.07. The Bertz CT molecular complexity index is 1160. The molecular formula is C22H14BrCl2N3O2. The highest BCUT2D eigenvalue weighted by atomic mass is 79.9. The number of nitriles is 1. The SMILES string of the molecule is N#Cc1ccccc1COc1ccc(C=NNC(=O)c2ccc(Cl)cc2Cl)cc1Br. The van der Waals surface area contributed by atoms with E-state index in [2.05, 4.69) is 32.5 Å². The Morgan fingerprint density at radius 3 is 2.70 bits per heavy atom. The van der Waals surface area contributed by atoms with Gasteiger partial charge in [-0.1, -0.05) is 41.4 Å². The van der Waals surface area contributed by atoms with Gasteiger partial charge in [-0.3, -0.25) is 4.79 Å². The molecule has 0 unspecified atom stereocenters. The van der Waals surface area contributed by atoms with Crippen LogP contribution in [0.2, 0.25) is 10.0 Å². The minimum Gasteiger partial charge on any atom is -0.488 e. The lowest BCUT2D eigenvalue weighted by Gasteiger charge is -2.10. The summed E-state index contributed by atoms with van der Waals surface area (Å²) in [5.74, 6) is 0.181. The van der Waals surface area contributed by atoms with E-state index in [9.17, 15) is 4.79 Å². The van der Waals surface area contributed by atoms with Gasteiger partial charge in [0.2, 0.25) is 0 Å². The number of hydrogen-bond donors (Lipinski definition) is 1. The van der Waals surface area contributed by atoms with Crippen LogP contribution in [-0.4, -0.2) is 12.1 Å². The van der Waals surface area contributed by atoms with Crippen molar-refractivity contribution in [2.75, 3.05) is 0 Å². The van der Waals surface area contributed by atoms with E-state index in [-0.39, 0.29) is 17.2 Å². The van der Waals surface area contributed by atoms with Gasteiger partial charge in [0.25, 0.3) is 5.91 Å². The highest BCUT2D eigenvalue weighted by molar-refractivity contribution is 9.10. The molecule has 0 atom stereocenters. The van der Waals surface area contributed by atoms with Crippen molar-refractivity contribution in [3.63, 3.8) is 0 Å². The zero-order chi connectivity index (χ0) is 21.5. The molecule has 5 nitrogen and oxygen atoms in total. The maximum atomic E-state index is 12.2. The number of hydrogen-bond acceptors (Lipinski definition) is 4. The summed E-state index contributed by atoms with van der Waals surface area (Å²) in [6.45, 7) is 0.272. The molecular weight excluding hydrogens is 489 g/mol. The first-order valence-electron chi connectivity index (χ1n) is 8.66. The van der Waals surface area contributed by atoms with Crippen LogP contribution in [0.3, 0.4) is 0 Å². The number of carbonyl (C=O) groups excluding carboxylic acids is 1. The molecule has 0 bridgehead atoms. The molecule has 8 heteroatoms. The van der Waals surface area contributed by atoms with Gasteiger partial charge < -0.3 is 4.74 Å². The fourth-order valence-corrected chi connectivity index (χ4v) is 3.53. The summed E-state index contributed by atoms with van der Waals surface area (Å²) in [5.41, 5.74) is 4.83. The van der Waals surface area contributed by atoms with Crippen LogP contribution in [0, 0.1) is 11.3 Å². The highest BCUT2D eigenvalue weighted by Crippen LogP contribution is 2.27. The number of nitrogens with one attached hydrogen (secondary N) is 1. The zero-order valence-electron chi connectivity index (χ0n) is 15.4. The first-order chi connectivity index (χ1) is 14.5. The van der Waals surface area contributed by atoms with E-state index in [0.29, 0.717) is 20.8 Å². The molecule has 0 radical (unpaired) electrons. The summed E-state index contributed by atoms with van der Waals surface area (Å²) in [6.07, 6.45) is 1.50. The third-order valence-electron chi connectivity index (χ3n) is 4.03. The van der Waals surface area contributed by atoms with Crippen LogP contribution >= 0.6 is 39.1 Å². The largest absolute Gasteiger partial charge is 0.488 e. The van der Waals surface area contributed by atoms with Crippen molar-refractivity contribution in [2.24, 2.45) is 5.10 Å². The molecule has 1 amide bonds. The molecule has 0 aliphatic carbocycles. The van der Waals surface area contributed by atoms with Crippen molar-refractivity contribution < 1.29 is 9.53 Å². The average molecular weight is 503 g/mol. The average Bonchev–Trinajstić information content (AvgIpc) is 2.73. The van der Waals surface area contributed by atoms with Gasteiger partial charge in [-0.15, -0.1) is 0 Å². The summed E-state index contributed by atoms with van der Waals surface area (Å²) < 4.78 is 6.52. The highest BCUT2D eigenvalue weighted by Gasteiger charge is 2.10. The van der Waals surface area contributed by atoms with Gasteiger partial charge in [0.1, 0.15) is 12.4 Å². The van der Waals surface area contributed by atoms with Gasteiger partial charge in [0.05, 0.1) is 32.9 Å². The molecule has 0 aliphatic heterocycles. The number of nitrogens with zero attached hydrogens (tertiary/aromatic N) is 2. The number of amides is 1. The predicted molar refractivity (Wildman–Crippen MR) is 121 cm³/mol. The number of halogens is 3. The van der Waals surface area contributed by atoms with Gasteiger partial charge in [0.15, 0.2) is 0 Å². The van der Waals surface area contributed by atoms with Crippen molar-refractivity contribution in [3.05, 3.63) is 97.4 Å². The molecule has 150 valence electrons. The molecule has 3 rings (SSSR count). The Balaban J connectivity index is 1.62. The minimum absolute atomic E-state index is 0.248. The van der Waals surface area contributed by atoms with Gasteiger partial charge >= 0.3 is 0 Å². The van der Waals surface area contributed by atoms with Crippen LogP contribution in [0.5, 0.6) is 5.75 Å². The standard InChI is InChI=1S/C22H14BrCl2N3O2/c23-19-9-14(12-27-28-22(29)18-7-6-17(24)10-20(18)25)5-8-21(19)30-13-16-4-2-1-3-15(16)11-26/h1-10,12H,13H2,(H,28,29). The van der Waals surface area contributed by atoms with E-state index >= 15 is 0 Å². The van der Waals surface area contributed by atoms with E-state index < -0.39 is 5.91 Å². The molecule has 30 heavy (non-hydrogen) atoms. The number of rotatable bonds is 6. The van der Waals surface area contributed by atoms with Crippen molar-refractivity contribution >= 4 is 51.3 Å². The molecule has 3 aromatic rings. The molecule has 0 spiro atoms. The lowest BCUT2D eigenvalue weighted by atomic mass is 10.1. The lowest BCUT2D eigenvalue weighted by Crippen LogP contribution is -2.18. The van der Waals surface area contributed by atoms with E-state index in [0.717, 1.165) is 11.1 Å². The molecule has 0 saturated carbocycles. The fraction of sp³-hybridized carbons (Fsp3) is 0.0455. The van der Waals surface area contributed by atoms with Crippen molar-refractivity contribution in [3.8, 4) is 11.8 Å². The third kappa shape index (κ3) is 5.61. The van der Waals surface area contributed by atoms with Crippen LogP contribution in [0.4, 0.5) is 0 Å². The minimum atomic E-state index is -0.442. The van der Waals surface area contributed by atoms with Gasteiger partial charge in [-0.25, -0.2) is 5.43 Å². The molecule has 0 heterocycles. The second-order valence-corrected chi connectivity index (χ2v) is 7.77.